The summed E-state index contributed by atoms with van der Waals surface area (Å²) in [6.45, 7) is 3.92. The molecule has 1 aliphatic rings. The highest BCUT2D eigenvalue weighted by Crippen LogP contribution is 2.41. The Bertz CT molecular complexity index is 925. The first kappa shape index (κ1) is 15.8. The first-order valence-corrected chi connectivity index (χ1v) is 8.64. The zero-order valence-corrected chi connectivity index (χ0v) is 14.2. The number of hydrogen-bond acceptors (Lipinski definition) is 4. The van der Waals surface area contributed by atoms with Crippen molar-refractivity contribution < 1.29 is 9.21 Å². The van der Waals surface area contributed by atoms with Crippen LogP contribution in [0.2, 0.25) is 0 Å². The van der Waals surface area contributed by atoms with Crippen molar-refractivity contribution in [1.29, 1.82) is 0 Å². The topological polar surface area (TPSA) is 81.1 Å². The molecule has 3 N–H and O–H groups in total. The van der Waals surface area contributed by atoms with Crippen LogP contribution in [0.5, 0.6) is 0 Å². The third kappa shape index (κ3) is 2.70. The van der Waals surface area contributed by atoms with E-state index in [-0.39, 0.29) is 0 Å². The number of primary amides is 1. The SMILES string of the molecule is Cc1oc2c(C(N)=O)ccc(C3CCNCC3)c2c1-c1ccccn1. The zero-order valence-electron chi connectivity index (χ0n) is 14.2. The van der Waals surface area contributed by atoms with Crippen LogP contribution >= 0.6 is 0 Å². The fourth-order valence-electron chi connectivity index (χ4n) is 3.83. The Hall–Kier alpha value is -2.66. The molecule has 5 heteroatoms. The Morgan fingerprint density at radius 2 is 2.04 bits per heavy atom. The Morgan fingerprint density at radius 1 is 1.24 bits per heavy atom. The van der Waals surface area contributed by atoms with Gasteiger partial charge in [0.2, 0.25) is 0 Å². The Labute approximate surface area is 146 Å². The molecule has 1 aromatic carbocycles. The molecule has 0 bridgehead atoms. The molecule has 0 radical (unpaired) electrons. The summed E-state index contributed by atoms with van der Waals surface area (Å²) in [5.74, 6) is 0.728. The third-order valence-electron chi connectivity index (χ3n) is 5.01. The quantitative estimate of drug-likeness (QED) is 0.769. The maximum Gasteiger partial charge on any atom is 0.252 e. The molecular weight excluding hydrogens is 314 g/mol. The number of hydrogen-bond donors (Lipinski definition) is 2. The molecule has 0 unspecified atom stereocenters. The van der Waals surface area contributed by atoms with Crippen LogP contribution in [0.1, 0.15) is 40.4 Å². The van der Waals surface area contributed by atoms with Gasteiger partial charge < -0.3 is 15.5 Å². The molecule has 0 aliphatic carbocycles. The smallest absolute Gasteiger partial charge is 0.252 e. The number of aryl methyl sites for hydroxylation is 1. The molecule has 128 valence electrons. The lowest BCUT2D eigenvalue weighted by molar-refractivity contribution is 0.100. The van der Waals surface area contributed by atoms with Crippen molar-refractivity contribution in [1.82, 2.24) is 10.3 Å². The Kier molecular flexibility index (Phi) is 4.01. The number of carbonyl (C=O) groups excluding carboxylic acids is 1. The molecule has 4 rings (SSSR count). The van der Waals surface area contributed by atoms with Gasteiger partial charge >= 0.3 is 0 Å². The number of nitrogens with two attached hydrogens (primary N) is 1. The van der Waals surface area contributed by atoms with E-state index in [1.165, 1.54) is 5.56 Å². The number of carbonyl (C=O) groups is 1. The van der Waals surface area contributed by atoms with Gasteiger partial charge in [0.05, 0.1) is 11.3 Å². The third-order valence-corrected chi connectivity index (χ3v) is 5.01. The summed E-state index contributed by atoms with van der Waals surface area (Å²) >= 11 is 0. The van der Waals surface area contributed by atoms with Crippen molar-refractivity contribution in [2.24, 2.45) is 5.73 Å². The van der Waals surface area contributed by atoms with Crippen molar-refractivity contribution in [2.45, 2.75) is 25.7 Å². The highest BCUT2D eigenvalue weighted by molar-refractivity contribution is 6.09. The van der Waals surface area contributed by atoms with Crippen molar-refractivity contribution in [3.05, 3.63) is 53.4 Å². The minimum Gasteiger partial charge on any atom is -0.460 e. The van der Waals surface area contributed by atoms with Gasteiger partial charge in [-0.1, -0.05) is 12.1 Å². The zero-order chi connectivity index (χ0) is 17.4. The molecule has 2 aromatic heterocycles. The highest BCUT2D eigenvalue weighted by Gasteiger charge is 2.26. The molecule has 5 nitrogen and oxygen atoms in total. The van der Waals surface area contributed by atoms with E-state index in [2.05, 4.69) is 10.3 Å². The fraction of sp³-hybridized carbons (Fsp3) is 0.300. The number of rotatable bonds is 3. The molecule has 25 heavy (non-hydrogen) atoms. The second kappa shape index (κ2) is 6.33. The fourth-order valence-corrected chi connectivity index (χ4v) is 3.83. The van der Waals surface area contributed by atoms with Crippen LogP contribution in [0.15, 0.2) is 40.9 Å². The maximum absolute atomic E-state index is 11.9. The number of amides is 1. The van der Waals surface area contributed by atoms with Gasteiger partial charge in [-0.2, -0.15) is 0 Å². The molecule has 1 saturated heterocycles. The second-order valence-corrected chi connectivity index (χ2v) is 6.54. The van der Waals surface area contributed by atoms with Gasteiger partial charge in [-0.15, -0.1) is 0 Å². The van der Waals surface area contributed by atoms with E-state index in [9.17, 15) is 4.79 Å². The Morgan fingerprint density at radius 3 is 2.72 bits per heavy atom. The monoisotopic (exact) mass is 335 g/mol. The number of aromatic nitrogens is 1. The van der Waals surface area contributed by atoms with Crippen LogP contribution < -0.4 is 11.1 Å². The number of benzene rings is 1. The minimum absolute atomic E-state index is 0.429. The summed E-state index contributed by atoms with van der Waals surface area (Å²) in [5, 5.41) is 4.39. The summed E-state index contributed by atoms with van der Waals surface area (Å²) < 4.78 is 6.02. The van der Waals surface area contributed by atoms with Gasteiger partial charge in [-0.05, 0) is 62.5 Å². The van der Waals surface area contributed by atoms with Crippen LogP contribution in [0.25, 0.3) is 22.2 Å². The second-order valence-electron chi connectivity index (χ2n) is 6.54. The number of fused-ring (bicyclic) bond motifs is 1. The molecule has 3 aromatic rings. The summed E-state index contributed by atoms with van der Waals surface area (Å²) in [5.41, 5.74) is 9.64. The van der Waals surface area contributed by atoms with Gasteiger partial charge in [0.25, 0.3) is 5.91 Å². The molecule has 1 fully saturated rings. The summed E-state index contributed by atoms with van der Waals surface area (Å²) in [4.78, 5) is 16.4. The average molecular weight is 335 g/mol. The van der Waals surface area contributed by atoms with E-state index in [0.717, 1.165) is 48.3 Å². The van der Waals surface area contributed by atoms with E-state index >= 15 is 0 Å². The van der Waals surface area contributed by atoms with Crippen LogP contribution in [-0.2, 0) is 0 Å². The first-order chi connectivity index (χ1) is 12.2. The number of piperidine rings is 1. The molecule has 0 spiro atoms. The van der Waals surface area contributed by atoms with Crippen molar-refractivity contribution in [2.75, 3.05) is 13.1 Å². The number of nitrogens with zero attached hydrogens (tertiary/aromatic N) is 1. The van der Waals surface area contributed by atoms with Crippen LogP contribution in [0, 0.1) is 6.92 Å². The summed E-state index contributed by atoms with van der Waals surface area (Å²) in [6, 6.07) is 9.67. The van der Waals surface area contributed by atoms with Gasteiger partial charge in [-0.3, -0.25) is 9.78 Å². The maximum atomic E-state index is 11.9. The summed E-state index contributed by atoms with van der Waals surface area (Å²) in [7, 11) is 0. The van der Waals surface area contributed by atoms with Crippen LogP contribution in [0.4, 0.5) is 0 Å². The van der Waals surface area contributed by atoms with E-state index in [1.807, 2.05) is 31.2 Å². The standard InChI is InChI=1S/C20H21N3O2/c1-12-17(16-4-2-3-9-23-16)18-14(13-7-10-22-11-8-13)5-6-15(20(21)24)19(18)25-12/h2-6,9,13,22H,7-8,10-11H2,1H3,(H2,21,24). The Balaban J connectivity index is 2.02. The van der Waals surface area contributed by atoms with Crippen molar-refractivity contribution >= 4 is 16.9 Å². The van der Waals surface area contributed by atoms with E-state index < -0.39 is 5.91 Å². The number of nitrogens with one attached hydrogen (secondary N) is 1. The van der Waals surface area contributed by atoms with E-state index in [4.69, 9.17) is 10.2 Å². The van der Waals surface area contributed by atoms with Crippen molar-refractivity contribution in [3.63, 3.8) is 0 Å². The van der Waals surface area contributed by atoms with Gasteiger partial charge in [0, 0.05) is 17.1 Å². The summed E-state index contributed by atoms with van der Waals surface area (Å²) in [6.07, 6.45) is 3.91. The molecule has 1 aliphatic heterocycles. The van der Waals surface area contributed by atoms with Gasteiger partial charge in [0.1, 0.15) is 11.3 Å². The molecular formula is C20H21N3O2. The lowest BCUT2D eigenvalue weighted by Gasteiger charge is -2.24. The molecule has 3 heterocycles. The number of furan rings is 1. The van der Waals surface area contributed by atoms with Crippen molar-refractivity contribution in [3.8, 4) is 11.3 Å². The minimum atomic E-state index is -0.469. The van der Waals surface area contributed by atoms with Gasteiger partial charge in [-0.25, -0.2) is 0 Å². The van der Waals surface area contributed by atoms with Crippen LogP contribution in [-0.4, -0.2) is 24.0 Å². The van der Waals surface area contributed by atoms with Crippen LogP contribution in [0.3, 0.4) is 0 Å². The predicted molar refractivity (Wildman–Crippen MR) is 97.5 cm³/mol. The largest absolute Gasteiger partial charge is 0.460 e. The molecule has 0 saturated carbocycles. The molecule has 0 atom stereocenters. The van der Waals surface area contributed by atoms with E-state index in [1.54, 1.807) is 12.3 Å². The lowest BCUT2D eigenvalue weighted by atomic mass is 9.85. The van der Waals surface area contributed by atoms with E-state index in [0.29, 0.717) is 17.1 Å². The number of pyridine rings is 1. The molecule has 1 amide bonds. The average Bonchev–Trinajstić information content (AvgIpc) is 2.98. The normalized spacial score (nSPS) is 15.6. The lowest BCUT2D eigenvalue weighted by Crippen LogP contribution is -2.26. The van der Waals surface area contributed by atoms with Gasteiger partial charge in [0.15, 0.2) is 0 Å². The first-order valence-electron chi connectivity index (χ1n) is 8.64. The highest BCUT2D eigenvalue weighted by atomic mass is 16.3. The predicted octanol–water partition coefficient (Wildman–Crippen LogP) is 3.37.